The summed E-state index contributed by atoms with van der Waals surface area (Å²) in [5.41, 5.74) is 3.17. The first-order valence-electron chi connectivity index (χ1n) is 10.0. The smallest absolute Gasteiger partial charge is 0.0690 e. The Morgan fingerprint density at radius 2 is 1.34 bits per heavy atom. The monoisotopic (exact) mass is 380 g/mol. The Kier molecular flexibility index (Phi) is 6.23. The van der Waals surface area contributed by atoms with Crippen molar-refractivity contribution in [2.75, 3.05) is 0 Å². The predicted molar refractivity (Wildman–Crippen MR) is 119 cm³/mol. The molecule has 1 N–H and O–H groups in total. The van der Waals surface area contributed by atoms with Gasteiger partial charge in [0.25, 0.3) is 0 Å². The van der Waals surface area contributed by atoms with E-state index in [-0.39, 0.29) is 0 Å². The van der Waals surface area contributed by atoms with Gasteiger partial charge in [0, 0.05) is 12.4 Å². The second-order valence-electron chi connectivity index (χ2n) is 6.97. The number of nitrogens with zero attached hydrogens (tertiary/aromatic N) is 3. The number of aryl methyl sites for hydroxylation is 2. The number of aromatic amines is 1. The standard InChI is InChI=1S/C18H16.C5H5N.C2H3N3/c1-3-7-15-13(5-1)9-11-18-16-8-4-2-6-14(16)10-12-17(15)18;1-2-4-6-5-3-1;1-2-4-5-3-1/h1,3,5,7,9-12H,2,4,6,8H2;1-5H;1-2H,(H,3,4,5). The largest absolute Gasteiger partial charge is 0.265 e. The Labute approximate surface area is 170 Å². The van der Waals surface area contributed by atoms with Gasteiger partial charge in [-0.15, -0.1) is 0 Å². The van der Waals surface area contributed by atoms with Crippen molar-refractivity contribution in [1.82, 2.24) is 20.4 Å². The Morgan fingerprint density at radius 1 is 0.586 bits per heavy atom. The number of pyridine rings is 1. The molecule has 6 rings (SSSR count). The van der Waals surface area contributed by atoms with Crippen molar-refractivity contribution in [3.8, 4) is 0 Å². The third-order valence-corrected chi connectivity index (χ3v) is 5.16. The molecule has 3 aromatic carbocycles. The van der Waals surface area contributed by atoms with E-state index in [1.807, 2.05) is 18.2 Å². The summed E-state index contributed by atoms with van der Waals surface area (Å²) < 4.78 is 0. The van der Waals surface area contributed by atoms with E-state index in [4.69, 9.17) is 0 Å². The Morgan fingerprint density at radius 3 is 2.03 bits per heavy atom. The second-order valence-corrected chi connectivity index (χ2v) is 6.97. The molecule has 0 unspecified atom stereocenters. The van der Waals surface area contributed by atoms with E-state index in [1.165, 1.54) is 47.2 Å². The lowest BCUT2D eigenvalue weighted by Gasteiger charge is -2.18. The molecule has 5 aromatic rings. The lowest BCUT2D eigenvalue weighted by molar-refractivity contribution is 0.690. The summed E-state index contributed by atoms with van der Waals surface area (Å²) in [4.78, 5) is 3.78. The lowest BCUT2D eigenvalue weighted by atomic mass is 9.86. The molecule has 1 aliphatic carbocycles. The van der Waals surface area contributed by atoms with Crippen molar-refractivity contribution >= 4 is 21.5 Å². The molecule has 1 aliphatic rings. The first kappa shape index (κ1) is 18.8. The van der Waals surface area contributed by atoms with Crippen LogP contribution in [0.1, 0.15) is 24.0 Å². The molecule has 0 aliphatic heterocycles. The first-order chi connectivity index (χ1) is 14.4. The second kappa shape index (κ2) is 9.60. The van der Waals surface area contributed by atoms with Gasteiger partial charge in [0.2, 0.25) is 0 Å². The van der Waals surface area contributed by atoms with Gasteiger partial charge in [-0.2, -0.15) is 15.4 Å². The summed E-state index contributed by atoms with van der Waals surface area (Å²) in [6.45, 7) is 0. The third-order valence-electron chi connectivity index (χ3n) is 5.16. The summed E-state index contributed by atoms with van der Waals surface area (Å²) in [6.07, 6.45) is 11.9. The van der Waals surface area contributed by atoms with Crippen LogP contribution >= 0.6 is 0 Å². The van der Waals surface area contributed by atoms with E-state index in [0.29, 0.717) is 0 Å². The molecule has 0 spiro atoms. The minimum atomic E-state index is 1.25. The van der Waals surface area contributed by atoms with Gasteiger partial charge < -0.3 is 0 Å². The van der Waals surface area contributed by atoms with E-state index in [9.17, 15) is 0 Å². The fraction of sp³-hybridized carbons (Fsp3) is 0.160. The van der Waals surface area contributed by atoms with E-state index >= 15 is 0 Å². The summed E-state index contributed by atoms with van der Waals surface area (Å²) in [6, 6.07) is 23.7. The fourth-order valence-corrected chi connectivity index (χ4v) is 3.82. The molecule has 29 heavy (non-hydrogen) atoms. The maximum absolute atomic E-state index is 3.78. The number of hydrogen-bond donors (Lipinski definition) is 1. The highest BCUT2D eigenvalue weighted by atomic mass is 15.3. The zero-order valence-corrected chi connectivity index (χ0v) is 16.3. The van der Waals surface area contributed by atoms with Crippen molar-refractivity contribution < 1.29 is 0 Å². The number of hydrogen-bond acceptors (Lipinski definition) is 3. The Balaban J connectivity index is 0.000000152. The molecule has 4 nitrogen and oxygen atoms in total. The van der Waals surface area contributed by atoms with Crippen LogP contribution in [0, 0.1) is 0 Å². The summed E-state index contributed by atoms with van der Waals surface area (Å²) in [5, 5.41) is 15.0. The van der Waals surface area contributed by atoms with Crippen LogP contribution in [0.25, 0.3) is 21.5 Å². The molecule has 0 saturated heterocycles. The maximum atomic E-state index is 3.78. The van der Waals surface area contributed by atoms with Crippen molar-refractivity contribution in [1.29, 1.82) is 0 Å². The molecule has 0 fully saturated rings. The van der Waals surface area contributed by atoms with Crippen molar-refractivity contribution in [3.63, 3.8) is 0 Å². The van der Waals surface area contributed by atoms with Crippen molar-refractivity contribution in [2.24, 2.45) is 0 Å². The number of H-pyrrole nitrogens is 1. The van der Waals surface area contributed by atoms with Gasteiger partial charge >= 0.3 is 0 Å². The minimum Gasteiger partial charge on any atom is -0.265 e. The first-order valence-corrected chi connectivity index (χ1v) is 10.0. The topological polar surface area (TPSA) is 54.5 Å². The fourth-order valence-electron chi connectivity index (χ4n) is 3.82. The zero-order chi connectivity index (χ0) is 19.7. The van der Waals surface area contributed by atoms with Crippen LogP contribution in [-0.2, 0) is 12.8 Å². The van der Waals surface area contributed by atoms with Crippen LogP contribution in [0.5, 0.6) is 0 Å². The van der Waals surface area contributed by atoms with E-state index in [2.05, 4.69) is 68.9 Å². The number of rotatable bonds is 0. The van der Waals surface area contributed by atoms with Crippen LogP contribution in [0.4, 0.5) is 0 Å². The average molecular weight is 380 g/mol. The highest BCUT2D eigenvalue weighted by Crippen LogP contribution is 2.33. The molecule has 0 saturated carbocycles. The lowest BCUT2D eigenvalue weighted by Crippen LogP contribution is -2.02. The molecular weight excluding hydrogens is 356 g/mol. The number of fused-ring (bicyclic) bond motifs is 5. The molecule has 2 heterocycles. The molecule has 2 aromatic heterocycles. The number of nitrogens with one attached hydrogen (secondary N) is 1. The van der Waals surface area contributed by atoms with Gasteiger partial charge in [-0.3, -0.25) is 4.98 Å². The van der Waals surface area contributed by atoms with Crippen molar-refractivity contribution in [3.05, 3.63) is 103 Å². The van der Waals surface area contributed by atoms with Crippen LogP contribution in [0.15, 0.2) is 91.5 Å². The zero-order valence-electron chi connectivity index (χ0n) is 16.3. The van der Waals surface area contributed by atoms with E-state index in [1.54, 1.807) is 35.9 Å². The Bertz CT molecular complexity index is 1110. The van der Waals surface area contributed by atoms with E-state index < -0.39 is 0 Å². The summed E-state index contributed by atoms with van der Waals surface area (Å²) >= 11 is 0. The molecule has 0 bridgehead atoms. The quantitative estimate of drug-likeness (QED) is 0.348. The molecule has 0 atom stereocenters. The van der Waals surface area contributed by atoms with Gasteiger partial charge in [0.15, 0.2) is 0 Å². The highest BCUT2D eigenvalue weighted by molar-refractivity contribution is 6.08. The van der Waals surface area contributed by atoms with Gasteiger partial charge in [-0.05, 0) is 70.5 Å². The summed E-state index contributed by atoms with van der Waals surface area (Å²) in [7, 11) is 0. The van der Waals surface area contributed by atoms with Gasteiger partial charge in [0.05, 0.1) is 12.4 Å². The molecule has 4 heteroatoms. The highest BCUT2D eigenvalue weighted by Gasteiger charge is 2.13. The SMILES string of the molecule is c1ccc2c(c1)ccc1c3c(ccc12)CCCC3.c1ccncc1.c1cn[nH]n1. The van der Waals surface area contributed by atoms with Gasteiger partial charge in [-0.25, -0.2) is 0 Å². The predicted octanol–water partition coefficient (Wildman–Crippen LogP) is 5.76. The molecule has 0 radical (unpaired) electrons. The van der Waals surface area contributed by atoms with Crippen LogP contribution in [0.2, 0.25) is 0 Å². The minimum absolute atomic E-state index is 1.25. The summed E-state index contributed by atoms with van der Waals surface area (Å²) in [5.74, 6) is 0. The van der Waals surface area contributed by atoms with E-state index in [0.717, 1.165) is 0 Å². The van der Waals surface area contributed by atoms with Crippen LogP contribution < -0.4 is 0 Å². The average Bonchev–Trinajstić information content (AvgIpc) is 3.41. The van der Waals surface area contributed by atoms with Gasteiger partial charge in [-0.1, -0.05) is 54.6 Å². The molecular formula is C25H24N4. The van der Waals surface area contributed by atoms with Crippen molar-refractivity contribution in [2.45, 2.75) is 25.7 Å². The Hall–Kier alpha value is -3.53. The number of aromatic nitrogens is 4. The number of benzene rings is 3. The maximum Gasteiger partial charge on any atom is 0.0690 e. The molecule has 144 valence electrons. The molecule has 0 amide bonds. The third kappa shape index (κ3) is 4.66. The normalized spacial score (nSPS) is 12.3. The van der Waals surface area contributed by atoms with Crippen LogP contribution in [-0.4, -0.2) is 20.4 Å². The van der Waals surface area contributed by atoms with Crippen LogP contribution in [0.3, 0.4) is 0 Å². The van der Waals surface area contributed by atoms with Gasteiger partial charge in [0.1, 0.15) is 0 Å².